The summed E-state index contributed by atoms with van der Waals surface area (Å²) in [6.45, 7) is -2.21. The van der Waals surface area contributed by atoms with Crippen molar-refractivity contribution in [3.8, 4) is 5.75 Å². The molecule has 3 nitrogen and oxygen atoms in total. The van der Waals surface area contributed by atoms with Crippen molar-refractivity contribution in [1.29, 1.82) is 0 Å². The number of amides is 1. The van der Waals surface area contributed by atoms with E-state index in [9.17, 15) is 13.6 Å². The molecule has 21 heavy (non-hydrogen) atoms. The maximum Gasteiger partial charge on any atom is 0.387 e. The number of hydrogen-bond acceptors (Lipinski definition) is 2. The predicted molar refractivity (Wildman–Crippen MR) is 77.1 cm³/mol. The normalized spacial score (nSPS) is 18.9. The summed E-state index contributed by atoms with van der Waals surface area (Å²) in [5, 5.41) is 0. The van der Waals surface area contributed by atoms with Crippen LogP contribution in [0.4, 0.5) is 8.78 Å². The standard InChI is InChI=1S/C15H18ClF2NO2/c16-8-7-12-5-1-2-9-19(12)14(20)11-4-3-6-13(10-11)21-15(17)18/h3-4,6,10,12,15H,1-2,5,7-9H2. The van der Waals surface area contributed by atoms with Gasteiger partial charge in [0.25, 0.3) is 5.91 Å². The highest BCUT2D eigenvalue weighted by Crippen LogP contribution is 2.24. The van der Waals surface area contributed by atoms with Crippen molar-refractivity contribution in [2.75, 3.05) is 12.4 Å². The highest BCUT2D eigenvalue weighted by Gasteiger charge is 2.27. The van der Waals surface area contributed by atoms with E-state index < -0.39 is 6.61 Å². The summed E-state index contributed by atoms with van der Waals surface area (Å²) in [4.78, 5) is 14.4. The van der Waals surface area contributed by atoms with E-state index >= 15 is 0 Å². The molecule has 1 fully saturated rings. The Morgan fingerprint density at radius 2 is 2.24 bits per heavy atom. The summed E-state index contributed by atoms with van der Waals surface area (Å²) in [6.07, 6.45) is 3.73. The molecule has 0 N–H and O–H groups in total. The average molecular weight is 318 g/mol. The van der Waals surface area contributed by atoms with Gasteiger partial charge in [-0.1, -0.05) is 6.07 Å². The van der Waals surface area contributed by atoms with Gasteiger partial charge in [-0.25, -0.2) is 0 Å². The Morgan fingerprint density at radius 1 is 1.43 bits per heavy atom. The van der Waals surface area contributed by atoms with E-state index in [4.69, 9.17) is 11.6 Å². The van der Waals surface area contributed by atoms with Crippen molar-refractivity contribution >= 4 is 17.5 Å². The molecule has 1 aliphatic heterocycles. The molecule has 1 heterocycles. The van der Waals surface area contributed by atoms with Gasteiger partial charge in [0.05, 0.1) is 0 Å². The first-order chi connectivity index (χ1) is 10.1. The van der Waals surface area contributed by atoms with Crippen LogP contribution in [0.5, 0.6) is 5.75 Å². The van der Waals surface area contributed by atoms with Crippen molar-refractivity contribution in [1.82, 2.24) is 4.90 Å². The van der Waals surface area contributed by atoms with Gasteiger partial charge in [-0.3, -0.25) is 4.79 Å². The van der Waals surface area contributed by atoms with E-state index in [1.807, 2.05) is 0 Å². The third-order valence-corrected chi connectivity index (χ3v) is 3.85. The fraction of sp³-hybridized carbons (Fsp3) is 0.533. The molecule has 0 saturated carbocycles. The molecule has 0 spiro atoms. The SMILES string of the molecule is O=C(c1cccc(OC(F)F)c1)N1CCCCC1CCCl. The summed E-state index contributed by atoms with van der Waals surface area (Å²) >= 11 is 5.79. The third-order valence-electron chi connectivity index (χ3n) is 3.64. The maximum absolute atomic E-state index is 12.6. The van der Waals surface area contributed by atoms with Crippen LogP contribution in [-0.2, 0) is 0 Å². The molecule has 0 radical (unpaired) electrons. The van der Waals surface area contributed by atoms with E-state index in [1.54, 1.807) is 17.0 Å². The van der Waals surface area contributed by atoms with Gasteiger partial charge in [0.2, 0.25) is 0 Å². The minimum Gasteiger partial charge on any atom is -0.435 e. The van der Waals surface area contributed by atoms with Crippen molar-refractivity contribution in [2.24, 2.45) is 0 Å². The summed E-state index contributed by atoms with van der Waals surface area (Å²) in [5.74, 6) is 0.356. The number of benzene rings is 1. The Kier molecular flexibility index (Phi) is 5.79. The van der Waals surface area contributed by atoms with E-state index in [0.29, 0.717) is 18.0 Å². The van der Waals surface area contributed by atoms with E-state index in [-0.39, 0.29) is 17.7 Å². The molecule has 0 aliphatic carbocycles. The Labute approximate surface area is 127 Å². The molecule has 1 amide bonds. The highest BCUT2D eigenvalue weighted by molar-refractivity contribution is 6.17. The number of hydrogen-bond donors (Lipinski definition) is 0. The van der Waals surface area contributed by atoms with Gasteiger partial charge >= 0.3 is 6.61 Å². The zero-order valence-electron chi connectivity index (χ0n) is 11.6. The molecule has 1 unspecified atom stereocenters. The topological polar surface area (TPSA) is 29.5 Å². The van der Waals surface area contributed by atoms with Crippen LogP contribution in [0.1, 0.15) is 36.0 Å². The fourth-order valence-corrected chi connectivity index (χ4v) is 2.92. The predicted octanol–water partition coefficient (Wildman–Crippen LogP) is 3.91. The Hall–Kier alpha value is -1.36. The lowest BCUT2D eigenvalue weighted by Gasteiger charge is -2.35. The Bertz CT molecular complexity index is 482. The number of alkyl halides is 3. The molecule has 0 bridgehead atoms. The van der Waals surface area contributed by atoms with Crippen molar-refractivity contribution in [3.63, 3.8) is 0 Å². The molecule has 1 aromatic rings. The molecular weight excluding hydrogens is 300 g/mol. The summed E-state index contributed by atoms with van der Waals surface area (Å²) in [5.41, 5.74) is 0.370. The van der Waals surface area contributed by atoms with Crippen molar-refractivity contribution in [2.45, 2.75) is 38.3 Å². The number of nitrogens with zero attached hydrogens (tertiary/aromatic N) is 1. The van der Waals surface area contributed by atoms with E-state index in [2.05, 4.69) is 4.74 Å². The van der Waals surface area contributed by atoms with Crippen LogP contribution in [0.3, 0.4) is 0 Å². The quantitative estimate of drug-likeness (QED) is 0.771. The van der Waals surface area contributed by atoms with Crippen LogP contribution >= 0.6 is 11.6 Å². The zero-order chi connectivity index (χ0) is 15.2. The molecule has 1 aromatic carbocycles. The number of likely N-dealkylation sites (tertiary alicyclic amines) is 1. The number of rotatable bonds is 5. The molecule has 116 valence electrons. The zero-order valence-corrected chi connectivity index (χ0v) is 12.4. The molecule has 1 saturated heterocycles. The van der Waals surface area contributed by atoms with Crippen LogP contribution in [0.2, 0.25) is 0 Å². The largest absolute Gasteiger partial charge is 0.435 e. The lowest BCUT2D eigenvalue weighted by Crippen LogP contribution is -2.43. The minimum absolute atomic E-state index is 0.00162. The van der Waals surface area contributed by atoms with Crippen molar-refractivity contribution in [3.05, 3.63) is 29.8 Å². The first kappa shape index (κ1) is 16.0. The van der Waals surface area contributed by atoms with Gasteiger partial charge in [-0.15, -0.1) is 11.6 Å². The third kappa shape index (κ3) is 4.30. The van der Waals surface area contributed by atoms with Gasteiger partial charge in [-0.05, 0) is 43.9 Å². The summed E-state index contributed by atoms with van der Waals surface area (Å²) < 4.78 is 28.8. The highest BCUT2D eigenvalue weighted by atomic mass is 35.5. The number of carbonyl (C=O) groups excluding carboxylic acids is 1. The second-order valence-electron chi connectivity index (χ2n) is 5.03. The molecule has 0 aromatic heterocycles. The first-order valence-electron chi connectivity index (χ1n) is 7.03. The molecule has 1 atom stereocenters. The molecular formula is C15H18ClF2NO2. The van der Waals surface area contributed by atoms with E-state index in [1.165, 1.54) is 12.1 Å². The molecule has 6 heteroatoms. The average Bonchev–Trinajstić information content (AvgIpc) is 2.47. The van der Waals surface area contributed by atoms with Crippen LogP contribution < -0.4 is 4.74 Å². The van der Waals surface area contributed by atoms with Gasteiger partial charge < -0.3 is 9.64 Å². The number of halogens is 3. The first-order valence-corrected chi connectivity index (χ1v) is 7.57. The second kappa shape index (κ2) is 7.59. The van der Waals surface area contributed by atoms with Crippen LogP contribution in [-0.4, -0.2) is 35.9 Å². The smallest absolute Gasteiger partial charge is 0.387 e. The molecule has 1 aliphatic rings. The number of ether oxygens (including phenoxy) is 1. The van der Waals surface area contributed by atoms with Gasteiger partial charge in [0.15, 0.2) is 0 Å². The molecule has 2 rings (SSSR count). The van der Waals surface area contributed by atoms with Gasteiger partial charge in [0.1, 0.15) is 5.75 Å². The Morgan fingerprint density at radius 3 is 2.95 bits per heavy atom. The monoisotopic (exact) mass is 317 g/mol. The minimum atomic E-state index is -2.89. The summed E-state index contributed by atoms with van der Waals surface area (Å²) in [7, 11) is 0. The fourth-order valence-electron chi connectivity index (χ4n) is 2.67. The summed E-state index contributed by atoms with van der Waals surface area (Å²) in [6, 6.07) is 6.07. The van der Waals surface area contributed by atoms with Crippen LogP contribution in [0.25, 0.3) is 0 Å². The van der Waals surface area contributed by atoms with E-state index in [0.717, 1.165) is 25.7 Å². The van der Waals surface area contributed by atoms with Gasteiger partial charge in [-0.2, -0.15) is 8.78 Å². The number of carbonyl (C=O) groups is 1. The Balaban J connectivity index is 2.14. The number of piperidine rings is 1. The maximum atomic E-state index is 12.6. The van der Waals surface area contributed by atoms with Gasteiger partial charge in [0, 0.05) is 24.0 Å². The van der Waals surface area contributed by atoms with Crippen LogP contribution in [0, 0.1) is 0 Å². The lowest BCUT2D eigenvalue weighted by molar-refractivity contribution is -0.0499. The van der Waals surface area contributed by atoms with Crippen LogP contribution in [0.15, 0.2) is 24.3 Å². The lowest BCUT2D eigenvalue weighted by atomic mass is 9.99. The second-order valence-corrected chi connectivity index (χ2v) is 5.41. The van der Waals surface area contributed by atoms with Crippen molar-refractivity contribution < 1.29 is 18.3 Å².